The number of carbonyl (C=O) groups excluding carboxylic acids is 1. The maximum atomic E-state index is 12.9. The van der Waals surface area contributed by atoms with Crippen molar-refractivity contribution in [3.63, 3.8) is 0 Å². The van der Waals surface area contributed by atoms with Crippen molar-refractivity contribution in [1.29, 1.82) is 0 Å². The van der Waals surface area contributed by atoms with Gasteiger partial charge in [0.05, 0.1) is 14.2 Å². The Balaban J connectivity index is 0.00000256. The van der Waals surface area contributed by atoms with Gasteiger partial charge in [0.25, 0.3) is 5.91 Å². The number of piperidine rings is 1. The van der Waals surface area contributed by atoms with Crippen molar-refractivity contribution < 1.29 is 19.0 Å². The van der Waals surface area contributed by atoms with Gasteiger partial charge in [0.1, 0.15) is 6.61 Å². The molecule has 0 aromatic heterocycles. The maximum absolute atomic E-state index is 12.9. The largest absolute Gasteiger partial charge is 0.493 e. The number of halogens is 1. The number of nitrogens with one attached hydrogen (secondary N) is 2. The predicted molar refractivity (Wildman–Crippen MR) is 118 cm³/mol. The van der Waals surface area contributed by atoms with Crippen LogP contribution < -0.4 is 24.8 Å². The molecular weight excluding hydrogens is 404 g/mol. The monoisotopic (exact) mass is 432 g/mol. The number of methoxy groups -OCH3 is 2. The number of hydrogen-bond acceptors (Lipinski definition) is 5. The van der Waals surface area contributed by atoms with Gasteiger partial charge in [-0.25, -0.2) is 0 Å². The van der Waals surface area contributed by atoms with Crippen LogP contribution in [0.25, 0.3) is 0 Å². The molecule has 0 aliphatic carbocycles. The number of benzene rings is 2. The van der Waals surface area contributed by atoms with Gasteiger partial charge in [0.2, 0.25) is 5.75 Å². The van der Waals surface area contributed by atoms with E-state index in [0.717, 1.165) is 18.4 Å². The molecule has 2 aromatic carbocycles. The smallest absolute Gasteiger partial charge is 0.251 e. The highest BCUT2D eigenvalue weighted by atomic mass is 35.5. The number of fused-ring (bicyclic) bond motifs is 2. The van der Waals surface area contributed by atoms with Crippen molar-refractivity contribution in [2.45, 2.75) is 50.4 Å². The van der Waals surface area contributed by atoms with Crippen LogP contribution in [0.15, 0.2) is 42.5 Å². The number of amides is 1. The van der Waals surface area contributed by atoms with E-state index in [1.807, 2.05) is 30.3 Å². The average molecular weight is 433 g/mol. The Bertz CT molecular complexity index is 825. The molecule has 7 heteroatoms. The summed E-state index contributed by atoms with van der Waals surface area (Å²) in [6.07, 6.45) is 4.36. The van der Waals surface area contributed by atoms with E-state index in [1.54, 1.807) is 26.4 Å². The van der Waals surface area contributed by atoms with Gasteiger partial charge < -0.3 is 24.8 Å². The van der Waals surface area contributed by atoms with Crippen LogP contribution >= 0.6 is 12.4 Å². The molecule has 2 aliphatic heterocycles. The van der Waals surface area contributed by atoms with Crippen LogP contribution in [0.2, 0.25) is 0 Å². The lowest BCUT2D eigenvalue weighted by atomic mass is 9.99. The second kappa shape index (κ2) is 10.0. The van der Waals surface area contributed by atoms with Gasteiger partial charge in [-0.1, -0.05) is 30.3 Å². The first-order chi connectivity index (χ1) is 14.2. The first kappa shape index (κ1) is 22.2. The Hall–Kier alpha value is -2.44. The molecule has 4 rings (SSSR count). The minimum atomic E-state index is -0.109. The Morgan fingerprint density at radius 1 is 1.03 bits per heavy atom. The van der Waals surface area contributed by atoms with Crippen LogP contribution in [0.1, 0.15) is 41.6 Å². The summed E-state index contributed by atoms with van der Waals surface area (Å²) in [7, 11) is 3.13. The fraction of sp³-hybridized carbons (Fsp3) is 0.435. The molecule has 0 saturated carbocycles. The van der Waals surface area contributed by atoms with Gasteiger partial charge in [0.15, 0.2) is 11.5 Å². The van der Waals surface area contributed by atoms with Gasteiger partial charge in [-0.2, -0.15) is 0 Å². The SMILES string of the molecule is COc1cc(C(=O)NC2CC3CCC(C2)N3)cc(OC)c1OCc1ccccc1.Cl. The molecule has 6 nitrogen and oxygen atoms in total. The van der Waals surface area contributed by atoms with E-state index in [1.165, 1.54) is 12.8 Å². The van der Waals surface area contributed by atoms with E-state index in [0.29, 0.717) is 41.5 Å². The van der Waals surface area contributed by atoms with E-state index < -0.39 is 0 Å². The van der Waals surface area contributed by atoms with Crippen LogP contribution in [0.3, 0.4) is 0 Å². The second-order valence-corrected chi connectivity index (χ2v) is 7.76. The summed E-state index contributed by atoms with van der Waals surface area (Å²) in [6, 6.07) is 14.6. The quantitative estimate of drug-likeness (QED) is 0.698. The minimum Gasteiger partial charge on any atom is -0.493 e. The van der Waals surface area contributed by atoms with Crippen molar-refractivity contribution in [3.8, 4) is 17.2 Å². The maximum Gasteiger partial charge on any atom is 0.251 e. The lowest BCUT2D eigenvalue weighted by molar-refractivity contribution is 0.0923. The first-order valence-electron chi connectivity index (χ1n) is 10.2. The molecule has 30 heavy (non-hydrogen) atoms. The minimum absolute atomic E-state index is 0. The highest BCUT2D eigenvalue weighted by Crippen LogP contribution is 2.39. The number of rotatable bonds is 7. The van der Waals surface area contributed by atoms with Crippen molar-refractivity contribution in [2.75, 3.05) is 14.2 Å². The van der Waals surface area contributed by atoms with Crippen molar-refractivity contribution in [3.05, 3.63) is 53.6 Å². The fourth-order valence-electron chi connectivity index (χ4n) is 4.33. The standard InChI is InChI=1S/C23H28N2O4.ClH/c1-27-20-10-16(23(26)25-19-12-17-8-9-18(13-19)24-17)11-21(28-2)22(20)29-14-15-6-4-3-5-7-15;/h3-7,10-11,17-19,24H,8-9,12-14H2,1-2H3,(H,25,26);1H. The van der Waals surface area contributed by atoms with Gasteiger partial charge in [-0.15, -0.1) is 12.4 Å². The lowest BCUT2D eigenvalue weighted by Crippen LogP contribution is -2.48. The molecule has 0 spiro atoms. The summed E-state index contributed by atoms with van der Waals surface area (Å²) in [4.78, 5) is 12.9. The molecule has 2 N–H and O–H groups in total. The van der Waals surface area contributed by atoms with E-state index in [2.05, 4.69) is 10.6 Å². The summed E-state index contributed by atoms with van der Waals surface area (Å²) < 4.78 is 17.0. The third kappa shape index (κ3) is 4.99. The van der Waals surface area contributed by atoms with Crippen LogP contribution in [0.5, 0.6) is 17.2 Å². The van der Waals surface area contributed by atoms with Crippen LogP contribution in [0.4, 0.5) is 0 Å². The normalized spacial score (nSPS) is 22.0. The van der Waals surface area contributed by atoms with E-state index in [9.17, 15) is 4.79 Å². The summed E-state index contributed by atoms with van der Waals surface area (Å²) in [5, 5.41) is 6.78. The van der Waals surface area contributed by atoms with Crippen molar-refractivity contribution in [1.82, 2.24) is 10.6 Å². The number of ether oxygens (including phenoxy) is 3. The van der Waals surface area contributed by atoms with Crippen LogP contribution in [-0.4, -0.2) is 38.3 Å². The second-order valence-electron chi connectivity index (χ2n) is 7.76. The van der Waals surface area contributed by atoms with Gasteiger partial charge in [-0.3, -0.25) is 4.79 Å². The van der Waals surface area contributed by atoms with Gasteiger partial charge in [0, 0.05) is 23.7 Å². The van der Waals surface area contributed by atoms with Crippen LogP contribution in [-0.2, 0) is 6.61 Å². The summed E-state index contributed by atoms with van der Waals surface area (Å²) in [6.45, 7) is 0.386. The molecule has 2 fully saturated rings. The van der Waals surface area contributed by atoms with E-state index >= 15 is 0 Å². The molecule has 0 radical (unpaired) electrons. The number of carbonyl (C=O) groups is 1. The number of hydrogen-bond donors (Lipinski definition) is 2. The van der Waals surface area contributed by atoms with Gasteiger partial charge >= 0.3 is 0 Å². The zero-order valence-corrected chi connectivity index (χ0v) is 18.2. The first-order valence-corrected chi connectivity index (χ1v) is 10.2. The Morgan fingerprint density at radius 3 is 2.20 bits per heavy atom. The molecule has 2 aliphatic rings. The topological polar surface area (TPSA) is 68.8 Å². The summed E-state index contributed by atoms with van der Waals surface area (Å²) >= 11 is 0. The molecular formula is C23H29ClN2O4. The molecule has 2 heterocycles. The summed E-state index contributed by atoms with van der Waals surface area (Å²) in [5.74, 6) is 1.35. The Morgan fingerprint density at radius 2 is 1.63 bits per heavy atom. The molecule has 1 amide bonds. The zero-order chi connectivity index (χ0) is 20.2. The zero-order valence-electron chi connectivity index (χ0n) is 17.4. The molecule has 2 unspecified atom stereocenters. The molecule has 2 bridgehead atoms. The van der Waals surface area contributed by atoms with Crippen LogP contribution in [0, 0.1) is 0 Å². The van der Waals surface area contributed by atoms with E-state index in [-0.39, 0.29) is 24.4 Å². The fourth-order valence-corrected chi connectivity index (χ4v) is 4.33. The lowest BCUT2D eigenvalue weighted by Gasteiger charge is -2.29. The summed E-state index contributed by atoms with van der Waals surface area (Å²) in [5.41, 5.74) is 1.55. The highest BCUT2D eigenvalue weighted by molar-refractivity contribution is 5.95. The molecule has 162 valence electrons. The third-order valence-corrected chi connectivity index (χ3v) is 5.76. The third-order valence-electron chi connectivity index (χ3n) is 5.76. The van der Waals surface area contributed by atoms with Gasteiger partial charge in [-0.05, 0) is 43.4 Å². The van der Waals surface area contributed by atoms with Crippen molar-refractivity contribution >= 4 is 18.3 Å². The molecule has 2 saturated heterocycles. The Labute approximate surface area is 183 Å². The van der Waals surface area contributed by atoms with E-state index in [4.69, 9.17) is 14.2 Å². The average Bonchev–Trinajstić information content (AvgIpc) is 3.10. The Kier molecular flexibility index (Phi) is 7.45. The molecule has 2 aromatic rings. The van der Waals surface area contributed by atoms with Crippen molar-refractivity contribution in [2.24, 2.45) is 0 Å². The predicted octanol–water partition coefficient (Wildman–Crippen LogP) is 3.72. The molecule has 2 atom stereocenters. The highest BCUT2D eigenvalue weighted by Gasteiger charge is 2.34.